The van der Waals surface area contributed by atoms with Gasteiger partial charge in [0.25, 0.3) is 0 Å². The van der Waals surface area contributed by atoms with E-state index in [1.807, 2.05) is 17.0 Å². The van der Waals surface area contributed by atoms with Gasteiger partial charge in [-0.05, 0) is 22.9 Å². The molecule has 1 amide bonds. The Bertz CT molecular complexity index is 840. The largest absolute Gasteiger partial charge is 0.379 e. The van der Waals surface area contributed by atoms with E-state index in [1.165, 1.54) is 6.07 Å². The molecule has 0 spiro atoms. The van der Waals surface area contributed by atoms with Crippen LogP contribution in [-0.2, 0) is 29.2 Å². The maximum absolute atomic E-state index is 13.9. The van der Waals surface area contributed by atoms with Crippen LogP contribution in [0.4, 0.5) is 4.39 Å². The third-order valence-corrected chi connectivity index (χ3v) is 5.65. The van der Waals surface area contributed by atoms with Gasteiger partial charge < -0.3 is 9.64 Å². The second-order valence-electron chi connectivity index (χ2n) is 7.74. The molecule has 1 aromatic heterocycles. The van der Waals surface area contributed by atoms with Gasteiger partial charge in [0.15, 0.2) is 5.82 Å². The van der Waals surface area contributed by atoms with Crippen LogP contribution in [0.2, 0.25) is 0 Å². The van der Waals surface area contributed by atoms with E-state index in [9.17, 15) is 9.18 Å². The first-order chi connectivity index (χ1) is 14.7. The minimum absolute atomic E-state index is 0.0123. The Morgan fingerprint density at radius 2 is 1.80 bits per heavy atom. The number of amides is 1. The summed E-state index contributed by atoms with van der Waals surface area (Å²) >= 11 is 0. The van der Waals surface area contributed by atoms with Gasteiger partial charge in [0, 0.05) is 51.4 Å². The zero-order chi connectivity index (χ0) is 20.8. The molecule has 2 fully saturated rings. The van der Waals surface area contributed by atoms with Crippen molar-refractivity contribution in [2.75, 3.05) is 52.5 Å². The Balaban J connectivity index is 1.30. The fourth-order valence-corrected chi connectivity index (χ4v) is 3.89. The molecule has 0 unspecified atom stereocenters. The standard InChI is InChI=1S/C20H28FN7O2/c21-18-5-2-1-4-17(18)14-25-6-3-7-27(9-8-25)20(29)16-28-19(22-23-24-28)15-26-10-12-30-13-11-26/h1-2,4-5H,3,6-16H2. The van der Waals surface area contributed by atoms with Crippen LogP contribution in [0.15, 0.2) is 24.3 Å². The van der Waals surface area contributed by atoms with Crippen LogP contribution in [0, 0.1) is 5.82 Å². The Kier molecular flexibility index (Phi) is 6.98. The minimum atomic E-state index is -0.179. The first-order valence-corrected chi connectivity index (χ1v) is 10.5. The minimum Gasteiger partial charge on any atom is -0.379 e. The van der Waals surface area contributed by atoms with Gasteiger partial charge in [-0.25, -0.2) is 9.07 Å². The van der Waals surface area contributed by atoms with Crippen molar-refractivity contribution in [3.05, 3.63) is 41.5 Å². The van der Waals surface area contributed by atoms with Crippen molar-refractivity contribution in [2.45, 2.75) is 26.1 Å². The number of halogens is 1. The molecule has 2 aromatic rings. The fraction of sp³-hybridized carbons (Fsp3) is 0.600. The summed E-state index contributed by atoms with van der Waals surface area (Å²) in [4.78, 5) is 19.2. The average molecular weight is 417 g/mol. The van der Waals surface area contributed by atoms with Crippen LogP contribution in [-0.4, -0.2) is 93.3 Å². The van der Waals surface area contributed by atoms with Gasteiger partial charge in [-0.2, -0.15) is 0 Å². The highest BCUT2D eigenvalue weighted by molar-refractivity contribution is 5.76. The molecule has 9 nitrogen and oxygen atoms in total. The Morgan fingerprint density at radius 1 is 1.00 bits per heavy atom. The van der Waals surface area contributed by atoms with E-state index >= 15 is 0 Å². The fourth-order valence-electron chi connectivity index (χ4n) is 3.89. The van der Waals surface area contributed by atoms with Crippen molar-refractivity contribution in [3.8, 4) is 0 Å². The van der Waals surface area contributed by atoms with E-state index in [1.54, 1.807) is 10.7 Å². The molecule has 2 aliphatic rings. The van der Waals surface area contributed by atoms with Gasteiger partial charge in [0.1, 0.15) is 12.4 Å². The monoisotopic (exact) mass is 417 g/mol. The van der Waals surface area contributed by atoms with Crippen molar-refractivity contribution in [1.82, 2.24) is 34.9 Å². The first kappa shape index (κ1) is 20.8. The van der Waals surface area contributed by atoms with Gasteiger partial charge >= 0.3 is 0 Å². The number of morpholine rings is 1. The van der Waals surface area contributed by atoms with Crippen molar-refractivity contribution >= 4 is 5.91 Å². The molecule has 0 aliphatic carbocycles. The zero-order valence-electron chi connectivity index (χ0n) is 17.1. The molecule has 0 radical (unpaired) electrons. The lowest BCUT2D eigenvalue weighted by molar-refractivity contribution is -0.132. The molecule has 3 heterocycles. The molecule has 0 atom stereocenters. The second kappa shape index (κ2) is 10.1. The zero-order valence-corrected chi connectivity index (χ0v) is 17.1. The molecule has 0 saturated carbocycles. The molecule has 1 aromatic carbocycles. The number of benzene rings is 1. The number of nitrogens with zero attached hydrogens (tertiary/aromatic N) is 7. The van der Waals surface area contributed by atoms with Gasteiger partial charge in [0.2, 0.25) is 5.91 Å². The molecule has 0 bridgehead atoms. The molecule has 0 N–H and O–H groups in total. The highest BCUT2D eigenvalue weighted by atomic mass is 19.1. The topological polar surface area (TPSA) is 79.6 Å². The van der Waals surface area contributed by atoms with Crippen molar-refractivity contribution in [3.63, 3.8) is 0 Å². The predicted molar refractivity (Wildman–Crippen MR) is 107 cm³/mol. The molecule has 4 rings (SSSR count). The Hall–Kier alpha value is -2.43. The summed E-state index contributed by atoms with van der Waals surface area (Å²) in [6, 6.07) is 6.86. The SMILES string of the molecule is O=C(Cn1nnnc1CN1CCOCC1)N1CCCN(Cc2ccccc2F)CC1. The quantitative estimate of drug-likeness (QED) is 0.672. The summed E-state index contributed by atoms with van der Waals surface area (Å²) in [5.41, 5.74) is 0.693. The van der Waals surface area contributed by atoms with E-state index < -0.39 is 0 Å². The Labute approximate surface area is 175 Å². The van der Waals surface area contributed by atoms with Crippen LogP contribution in [0.25, 0.3) is 0 Å². The molecular weight excluding hydrogens is 389 g/mol. The van der Waals surface area contributed by atoms with Crippen LogP contribution in [0.5, 0.6) is 0 Å². The summed E-state index contributed by atoms with van der Waals surface area (Å²) in [7, 11) is 0. The van der Waals surface area contributed by atoms with Crippen molar-refractivity contribution < 1.29 is 13.9 Å². The number of hydrogen-bond acceptors (Lipinski definition) is 7. The van der Waals surface area contributed by atoms with E-state index in [-0.39, 0.29) is 18.3 Å². The lowest BCUT2D eigenvalue weighted by Crippen LogP contribution is -2.39. The van der Waals surface area contributed by atoms with Crippen molar-refractivity contribution in [1.29, 1.82) is 0 Å². The van der Waals surface area contributed by atoms with Gasteiger partial charge in [-0.1, -0.05) is 18.2 Å². The molecule has 10 heteroatoms. The summed E-state index contributed by atoms with van der Waals surface area (Å²) < 4.78 is 20.9. The van der Waals surface area contributed by atoms with Crippen molar-refractivity contribution in [2.24, 2.45) is 0 Å². The summed E-state index contributed by atoms with van der Waals surface area (Å²) in [6.45, 7) is 7.26. The number of rotatable bonds is 6. The number of hydrogen-bond donors (Lipinski definition) is 0. The van der Waals surface area contributed by atoms with Crippen LogP contribution >= 0.6 is 0 Å². The highest BCUT2D eigenvalue weighted by Crippen LogP contribution is 2.13. The molecular formula is C20H28FN7O2. The smallest absolute Gasteiger partial charge is 0.244 e. The van der Waals surface area contributed by atoms with Crippen LogP contribution in [0.1, 0.15) is 17.8 Å². The van der Waals surface area contributed by atoms with E-state index in [2.05, 4.69) is 25.3 Å². The van der Waals surface area contributed by atoms with Crippen LogP contribution in [0.3, 0.4) is 0 Å². The Morgan fingerprint density at radius 3 is 2.63 bits per heavy atom. The first-order valence-electron chi connectivity index (χ1n) is 10.5. The lowest BCUT2D eigenvalue weighted by atomic mass is 10.2. The van der Waals surface area contributed by atoms with E-state index in [0.29, 0.717) is 50.8 Å². The number of tetrazole rings is 1. The second-order valence-corrected chi connectivity index (χ2v) is 7.74. The number of carbonyl (C=O) groups excluding carboxylic acids is 1. The number of carbonyl (C=O) groups is 1. The van der Waals surface area contributed by atoms with E-state index in [4.69, 9.17) is 4.74 Å². The van der Waals surface area contributed by atoms with E-state index in [0.717, 1.165) is 32.6 Å². The molecule has 2 saturated heterocycles. The maximum Gasteiger partial charge on any atom is 0.244 e. The lowest BCUT2D eigenvalue weighted by Gasteiger charge is -2.26. The molecule has 2 aliphatic heterocycles. The summed E-state index contributed by atoms with van der Waals surface area (Å²) in [6.07, 6.45) is 0.858. The molecule has 162 valence electrons. The van der Waals surface area contributed by atoms with Gasteiger partial charge in [-0.3, -0.25) is 14.6 Å². The molecule has 30 heavy (non-hydrogen) atoms. The van der Waals surface area contributed by atoms with Crippen LogP contribution < -0.4 is 0 Å². The van der Waals surface area contributed by atoms with Gasteiger partial charge in [-0.15, -0.1) is 5.10 Å². The number of aromatic nitrogens is 4. The average Bonchev–Trinajstić information content (AvgIpc) is 3.04. The predicted octanol–water partition coefficient (Wildman–Crippen LogP) is 0.379. The third kappa shape index (κ3) is 5.38. The number of ether oxygens (including phenoxy) is 1. The third-order valence-electron chi connectivity index (χ3n) is 5.65. The maximum atomic E-state index is 13.9. The normalized spacial score (nSPS) is 19.0. The highest BCUT2D eigenvalue weighted by Gasteiger charge is 2.22. The van der Waals surface area contributed by atoms with Gasteiger partial charge in [0.05, 0.1) is 19.8 Å². The summed E-state index contributed by atoms with van der Waals surface area (Å²) in [5.74, 6) is 0.528. The summed E-state index contributed by atoms with van der Waals surface area (Å²) in [5, 5.41) is 11.9.